The molecule has 4 atom stereocenters. The van der Waals surface area contributed by atoms with Crippen molar-refractivity contribution in [3.8, 4) is 0 Å². The summed E-state index contributed by atoms with van der Waals surface area (Å²) in [6, 6.07) is 0.159. The molecule has 20 heavy (non-hydrogen) atoms. The Bertz CT molecular complexity index is 316. The molecule has 4 unspecified atom stereocenters. The van der Waals surface area contributed by atoms with Crippen LogP contribution in [0, 0.1) is 23.7 Å². The summed E-state index contributed by atoms with van der Waals surface area (Å²) in [7, 11) is 0. The lowest BCUT2D eigenvalue weighted by molar-refractivity contribution is -0.128. The van der Waals surface area contributed by atoms with Crippen molar-refractivity contribution in [3.05, 3.63) is 0 Å². The third kappa shape index (κ3) is 4.21. The topological polar surface area (TPSA) is 55.1 Å². The number of rotatable bonds is 5. The van der Waals surface area contributed by atoms with Crippen LogP contribution in [0.5, 0.6) is 0 Å². The first-order valence-electron chi connectivity index (χ1n) is 8.60. The van der Waals surface area contributed by atoms with Crippen LogP contribution in [0.3, 0.4) is 0 Å². The normalized spacial score (nSPS) is 31.7. The molecule has 3 nitrogen and oxygen atoms in total. The summed E-state index contributed by atoms with van der Waals surface area (Å²) in [6.45, 7) is 4.92. The standard InChI is InChI=1S/C17H32N2O/c1-12(2)9-16(11-18)19-17(20)15-8-7-13-5-3-4-6-14(13)10-15/h12-16H,3-11,18H2,1-2H3,(H,19,20). The minimum absolute atomic E-state index is 0.159. The Balaban J connectivity index is 1.83. The quantitative estimate of drug-likeness (QED) is 0.813. The van der Waals surface area contributed by atoms with Gasteiger partial charge in [0.25, 0.3) is 0 Å². The van der Waals surface area contributed by atoms with E-state index in [2.05, 4.69) is 19.2 Å². The van der Waals surface area contributed by atoms with E-state index in [0.29, 0.717) is 12.5 Å². The molecule has 0 aromatic heterocycles. The number of hydrogen-bond donors (Lipinski definition) is 2. The molecular weight excluding hydrogens is 248 g/mol. The van der Waals surface area contributed by atoms with Gasteiger partial charge < -0.3 is 11.1 Å². The van der Waals surface area contributed by atoms with E-state index in [1.807, 2.05) is 0 Å². The van der Waals surface area contributed by atoms with Gasteiger partial charge in [0, 0.05) is 18.5 Å². The third-order valence-electron chi connectivity index (χ3n) is 5.30. The van der Waals surface area contributed by atoms with Gasteiger partial charge in [0.15, 0.2) is 0 Å². The largest absolute Gasteiger partial charge is 0.352 e. The van der Waals surface area contributed by atoms with Crippen molar-refractivity contribution in [1.29, 1.82) is 0 Å². The van der Waals surface area contributed by atoms with Crippen LogP contribution in [-0.2, 0) is 4.79 Å². The summed E-state index contributed by atoms with van der Waals surface area (Å²) in [4.78, 5) is 12.5. The van der Waals surface area contributed by atoms with Crippen molar-refractivity contribution in [3.63, 3.8) is 0 Å². The Labute approximate surface area is 124 Å². The van der Waals surface area contributed by atoms with Crippen LogP contribution in [0.15, 0.2) is 0 Å². The number of carbonyl (C=O) groups excluding carboxylic acids is 1. The predicted molar refractivity (Wildman–Crippen MR) is 83.2 cm³/mol. The van der Waals surface area contributed by atoms with Gasteiger partial charge in [-0.15, -0.1) is 0 Å². The van der Waals surface area contributed by atoms with Gasteiger partial charge in [-0.1, -0.05) is 39.5 Å². The second kappa shape index (κ2) is 7.44. The SMILES string of the molecule is CC(C)CC(CN)NC(=O)C1CCC2CCCCC2C1. The van der Waals surface area contributed by atoms with E-state index in [4.69, 9.17) is 5.73 Å². The van der Waals surface area contributed by atoms with Crippen LogP contribution >= 0.6 is 0 Å². The van der Waals surface area contributed by atoms with Gasteiger partial charge in [0.1, 0.15) is 0 Å². The molecule has 0 saturated heterocycles. The lowest BCUT2D eigenvalue weighted by atomic mass is 9.67. The average molecular weight is 280 g/mol. The Hall–Kier alpha value is -0.570. The fraction of sp³-hybridized carbons (Fsp3) is 0.941. The number of nitrogens with two attached hydrogens (primary N) is 1. The van der Waals surface area contributed by atoms with Gasteiger partial charge >= 0.3 is 0 Å². The second-order valence-corrected chi connectivity index (χ2v) is 7.39. The summed E-state index contributed by atoms with van der Waals surface area (Å²) >= 11 is 0. The molecular formula is C17H32N2O. The number of nitrogens with one attached hydrogen (secondary N) is 1. The molecule has 3 N–H and O–H groups in total. The zero-order valence-electron chi connectivity index (χ0n) is 13.2. The summed E-state index contributed by atoms with van der Waals surface area (Å²) < 4.78 is 0. The van der Waals surface area contributed by atoms with Crippen LogP contribution in [0.1, 0.15) is 65.2 Å². The smallest absolute Gasteiger partial charge is 0.223 e. The summed E-state index contributed by atoms with van der Waals surface area (Å²) in [5, 5.41) is 3.20. The van der Waals surface area contributed by atoms with Gasteiger partial charge in [-0.2, -0.15) is 0 Å². The van der Waals surface area contributed by atoms with Gasteiger partial charge in [0.05, 0.1) is 0 Å². The van der Waals surface area contributed by atoms with Crippen molar-refractivity contribution >= 4 is 5.91 Å². The lowest BCUT2D eigenvalue weighted by Gasteiger charge is -2.39. The highest BCUT2D eigenvalue weighted by Gasteiger charge is 2.35. The molecule has 2 aliphatic rings. The highest BCUT2D eigenvalue weighted by Crippen LogP contribution is 2.42. The monoisotopic (exact) mass is 280 g/mol. The maximum atomic E-state index is 12.5. The van der Waals surface area contributed by atoms with Crippen molar-refractivity contribution in [2.45, 2.75) is 71.3 Å². The molecule has 0 spiro atoms. The zero-order valence-corrected chi connectivity index (χ0v) is 13.2. The van der Waals surface area contributed by atoms with Crippen LogP contribution in [0.4, 0.5) is 0 Å². The summed E-state index contributed by atoms with van der Waals surface area (Å²) in [6.07, 6.45) is 9.98. The van der Waals surface area contributed by atoms with Gasteiger partial charge in [-0.25, -0.2) is 0 Å². The number of amides is 1. The zero-order chi connectivity index (χ0) is 14.5. The summed E-state index contributed by atoms with van der Waals surface area (Å²) in [5.41, 5.74) is 5.79. The molecule has 0 radical (unpaired) electrons. The van der Waals surface area contributed by atoms with Gasteiger partial charge in [0.2, 0.25) is 5.91 Å². The molecule has 0 bridgehead atoms. The van der Waals surface area contributed by atoms with Crippen LogP contribution < -0.4 is 11.1 Å². The maximum Gasteiger partial charge on any atom is 0.223 e. The molecule has 0 aromatic rings. The first kappa shape index (κ1) is 15.8. The second-order valence-electron chi connectivity index (χ2n) is 7.39. The molecule has 0 aromatic carbocycles. The predicted octanol–water partition coefficient (Wildman–Crippen LogP) is 3.08. The molecule has 0 heterocycles. The molecule has 3 heteroatoms. The fourth-order valence-corrected chi connectivity index (χ4v) is 4.21. The average Bonchev–Trinajstić information content (AvgIpc) is 2.45. The van der Waals surface area contributed by atoms with Crippen LogP contribution in [-0.4, -0.2) is 18.5 Å². The molecule has 1 amide bonds. The Morgan fingerprint density at radius 3 is 2.50 bits per heavy atom. The number of fused-ring (bicyclic) bond motifs is 1. The van der Waals surface area contributed by atoms with Crippen LogP contribution in [0.2, 0.25) is 0 Å². The molecule has 2 aliphatic carbocycles. The Morgan fingerprint density at radius 2 is 1.85 bits per heavy atom. The lowest BCUT2D eigenvalue weighted by Crippen LogP contribution is -2.45. The van der Waals surface area contributed by atoms with E-state index in [1.165, 1.54) is 32.1 Å². The molecule has 2 fully saturated rings. The fourth-order valence-electron chi connectivity index (χ4n) is 4.21. The minimum atomic E-state index is 0.159. The highest BCUT2D eigenvalue weighted by molar-refractivity contribution is 5.79. The van der Waals surface area contributed by atoms with Crippen molar-refractivity contribution in [1.82, 2.24) is 5.32 Å². The van der Waals surface area contributed by atoms with Gasteiger partial charge in [-0.05, 0) is 43.4 Å². The van der Waals surface area contributed by atoms with E-state index < -0.39 is 0 Å². The Kier molecular flexibility index (Phi) is 5.88. The number of hydrogen-bond acceptors (Lipinski definition) is 2. The van der Waals surface area contributed by atoms with Crippen molar-refractivity contribution in [2.75, 3.05) is 6.54 Å². The van der Waals surface area contributed by atoms with E-state index >= 15 is 0 Å². The first-order chi connectivity index (χ1) is 9.60. The highest BCUT2D eigenvalue weighted by atomic mass is 16.1. The van der Waals surface area contributed by atoms with Crippen molar-refractivity contribution < 1.29 is 4.79 Å². The van der Waals surface area contributed by atoms with Crippen LogP contribution in [0.25, 0.3) is 0 Å². The minimum Gasteiger partial charge on any atom is -0.352 e. The maximum absolute atomic E-state index is 12.5. The first-order valence-corrected chi connectivity index (χ1v) is 8.60. The van der Waals surface area contributed by atoms with Gasteiger partial charge in [-0.3, -0.25) is 4.79 Å². The molecule has 116 valence electrons. The van der Waals surface area contributed by atoms with E-state index in [0.717, 1.165) is 31.1 Å². The van der Waals surface area contributed by atoms with E-state index in [9.17, 15) is 4.79 Å². The van der Waals surface area contributed by atoms with E-state index in [-0.39, 0.29) is 17.9 Å². The van der Waals surface area contributed by atoms with E-state index in [1.54, 1.807) is 0 Å². The molecule has 2 rings (SSSR count). The molecule has 0 aliphatic heterocycles. The van der Waals surface area contributed by atoms with Crippen molar-refractivity contribution in [2.24, 2.45) is 29.4 Å². The number of carbonyl (C=O) groups is 1. The third-order valence-corrected chi connectivity index (χ3v) is 5.30. The molecule has 2 saturated carbocycles. The summed E-state index contributed by atoms with van der Waals surface area (Å²) in [5.74, 6) is 2.82. The Morgan fingerprint density at radius 1 is 1.15 bits per heavy atom.